The van der Waals surface area contributed by atoms with E-state index in [2.05, 4.69) is 429 Å². The van der Waals surface area contributed by atoms with E-state index in [1.54, 1.807) is 0 Å². The van der Waals surface area contributed by atoms with Gasteiger partial charge in [-0.25, -0.2) is 0 Å². The maximum atomic E-state index is 2.72. The van der Waals surface area contributed by atoms with E-state index in [1.807, 2.05) is 0 Å². The second-order valence-electron chi connectivity index (χ2n) is 38.1. The van der Waals surface area contributed by atoms with E-state index in [9.17, 15) is 0 Å². The van der Waals surface area contributed by atoms with Gasteiger partial charge in [-0.1, -0.05) is 371 Å². The largest absolute Gasteiger partial charge is 0.310 e. The van der Waals surface area contributed by atoms with Crippen LogP contribution in [0.15, 0.2) is 315 Å². The smallest absolute Gasteiger partial charge is 0.252 e. The van der Waals surface area contributed by atoms with E-state index in [4.69, 9.17) is 0 Å². The predicted molar refractivity (Wildman–Crippen MR) is 499 cm³/mol. The molecule has 558 valence electrons. The molecule has 2 aliphatic heterocycles. The minimum absolute atomic E-state index is 0.0569. The van der Waals surface area contributed by atoms with Gasteiger partial charge in [0.2, 0.25) is 0 Å². The third kappa shape index (κ3) is 11.9. The van der Waals surface area contributed by atoms with E-state index in [0.717, 1.165) is 89.8 Å². The van der Waals surface area contributed by atoms with Crippen molar-refractivity contribution >= 4 is 122 Å². The maximum absolute atomic E-state index is 2.72. The highest BCUT2D eigenvalue weighted by atomic mass is 15.2. The Morgan fingerprint density at radius 2 is 0.504 bits per heavy atom. The molecule has 0 atom stereocenters. The van der Waals surface area contributed by atoms with Crippen LogP contribution in [-0.4, -0.2) is 6.71 Å². The van der Waals surface area contributed by atoms with Gasteiger partial charge in [-0.2, -0.15) is 0 Å². The van der Waals surface area contributed by atoms with Crippen molar-refractivity contribution < 1.29 is 0 Å². The van der Waals surface area contributed by atoms with Gasteiger partial charge in [0, 0.05) is 45.0 Å². The Labute approximate surface area is 679 Å². The second-order valence-corrected chi connectivity index (χ2v) is 38.1. The number of anilines is 6. The Kier molecular flexibility index (Phi) is 16.3. The Morgan fingerprint density at radius 1 is 0.200 bits per heavy atom. The second kappa shape index (κ2) is 26.1. The van der Waals surface area contributed by atoms with Gasteiger partial charge in [-0.3, -0.25) is 0 Å². The molecule has 0 amide bonds. The Hall–Kier alpha value is -12.3. The van der Waals surface area contributed by atoms with Crippen LogP contribution >= 0.6 is 0 Å². The summed E-state index contributed by atoms with van der Waals surface area (Å²) >= 11 is 0. The van der Waals surface area contributed by atoms with Crippen LogP contribution in [0.3, 0.4) is 0 Å². The molecule has 2 nitrogen and oxygen atoms in total. The van der Waals surface area contributed by atoms with Gasteiger partial charge in [-0.05, 0) is 240 Å². The SMILES string of the molecule is CC(C)(C)c1ccc(-c2cc3c4c(c2)N(c2c(-c5ccccc5)cccc2-c2ccccc2)c2ccc(-c5cc6cc(C(C)(C)C)cc7ccc8cc(C(C)(C)C)cc5c8c76)cc2B4c2cc(-c4cc5cc(C(C)(C)C)cc6ccc7cc(C(C)(C)C)cc4c7c65)ccc2N3c2c(-c3ccccc3)cccc2-c2ccccc2)cc1. The fourth-order valence-electron chi connectivity index (χ4n) is 19.2. The van der Waals surface area contributed by atoms with Gasteiger partial charge in [0.05, 0.1) is 11.4 Å². The lowest BCUT2D eigenvalue weighted by atomic mass is 9.33. The molecular weight excluding hydrogens is 1380 g/mol. The fourth-order valence-corrected chi connectivity index (χ4v) is 19.2. The summed E-state index contributed by atoms with van der Waals surface area (Å²) in [6.07, 6.45) is 0. The molecular formula is C112H97BN2. The minimum Gasteiger partial charge on any atom is -0.310 e. The van der Waals surface area contributed by atoms with E-state index in [0.29, 0.717) is 0 Å². The first-order chi connectivity index (χ1) is 55.2. The van der Waals surface area contributed by atoms with E-state index in [-0.39, 0.29) is 33.8 Å². The summed E-state index contributed by atoms with van der Waals surface area (Å²) in [4.78, 5) is 5.45. The van der Waals surface area contributed by atoms with E-state index < -0.39 is 0 Å². The molecule has 115 heavy (non-hydrogen) atoms. The van der Waals surface area contributed by atoms with E-state index in [1.165, 1.54) is 131 Å². The summed E-state index contributed by atoms with van der Waals surface area (Å²) in [7, 11) is 0. The number of rotatable bonds is 9. The summed E-state index contributed by atoms with van der Waals surface area (Å²) in [5, 5.41) is 15.5. The maximum Gasteiger partial charge on any atom is 0.252 e. The summed E-state index contributed by atoms with van der Waals surface area (Å²) in [5.41, 5.74) is 33.0. The number of para-hydroxylation sites is 2. The first kappa shape index (κ1) is 71.7. The number of nitrogens with zero attached hydrogens (tertiary/aromatic N) is 2. The fraction of sp³-hybridized carbons (Fsp3) is 0.179. The van der Waals surface area contributed by atoms with Gasteiger partial charge >= 0.3 is 0 Å². The topological polar surface area (TPSA) is 6.48 Å². The molecule has 0 saturated carbocycles. The number of hydrogen-bond donors (Lipinski definition) is 0. The van der Waals surface area contributed by atoms with Crippen LogP contribution in [0.2, 0.25) is 0 Å². The standard InChI is InChI=1S/C112H97BN2/c1-108(2,3)82-50-46-68(47-51-82)79-64-99-105-100(65-79)115(107-89(71-34-24-18-25-35-71)40-29-41-90(107)72-36-26-19-27-37-72)98-53-49-74(92-61-81-59-84(110(7,8)9)55-76-43-45-78-57-86(112(13,14)15)67-94(92)104(78)102(76)81)63-96(98)113(105)95-62-73(48-52-97(95)114(99)106-87(69-30-20-16-21-31-69)38-28-39-88(106)70-32-22-17-23-33-70)91-60-80-58-83(109(4,5)6)54-75-42-44-77-56-85(111(10,11)12)66-93(91)103(77)101(75)80/h16-67H,1-15H3. The lowest BCUT2D eigenvalue weighted by Gasteiger charge is -2.46. The van der Waals surface area contributed by atoms with E-state index >= 15 is 0 Å². The third-order valence-corrected chi connectivity index (χ3v) is 25.4. The van der Waals surface area contributed by atoms with Crippen LogP contribution in [0, 0.1) is 0 Å². The molecule has 0 N–H and O–H groups in total. The molecule has 0 aliphatic carbocycles. The highest BCUT2D eigenvalue weighted by Gasteiger charge is 2.46. The highest BCUT2D eigenvalue weighted by Crippen LogP contribution is 2.56. The van der Waals surface area contributed by atoms with Crippen molar-refractivity contribution in [2.24, 2.45) is 0 Å². The number of hydrogen-bond acceptors (Lipinski definition) is 2. The molecule has 0 fully saturated rings. The Morgan fingerprint density at radius 3 is 0.835 bits per heavy atom. The van der Waals surface area contributed by atoms with Crippen molar-refractivity contribution in [3.8, 4) is 77.9 Å². The molecule has 0 unspecified atom stereocenters. The molecule has 2 aliphatic rings. The zero-order valence-electron chi connectivity index (χ0n) is 69.0. The molecule has 18 aromatic rings. The third-order valence-electron chi connectivity index (χ3n) is 25.4. The van der Waals surface area contributed by atoms with Crippen molar-refractivity contribution in [3.05, 3.63) is 343 Å². The van der Waals surface area contributed by atoms with Gasteiger partial charge in [0.1, 0.15) is 0 Å². The van der Waals surface area contributed by atoms with Gasteiger partial charge in [0.25, 0.3) is 6.71 Å². The number of fused-ring (bicyclic) bond motifs is 4. The zero-order valence-corrected chi connectivity index (χ0v) is 69.0. The molecule has 3 heteroatoms. The van der Waals surface area contributed by atoms with Crippen LogP contribution in [0.1, 0.15) is 132 Å². The van der Waals surface area contributed by atoms with Crippen molar-refractivity contribution in [2.75, 3.05) is 9.80 Å². The molecule has 20 rings (SSSR count). The molecule has 18 aromatic carbocycles. The Bertz CT molecular complexity index is 6430. The quantitative estimate of drug-likeness (QED) is 0.105. The van der Waals surface area contributed by atoms with Crippen LogP contribution in [-0.2, 0) is 27.1 Å². The highest BCUT2D eigenvalue weighted by molar-refractivity contribution is 7.00. The molecule has 0 bridgehead atoms. The van der Waals surface area contributed by atoms with Crippen LogP contribution in [0.25, 0.3) is 143 Å². The first-order valence-corrected chi connectivity index (χ1v) is 41.4. The van der Waals surface area contributed by atoms with Gasteiger partial charge in [0.15, 0.2) is 0 Å². The average molecular weight is 1480 g/mol. The zero-order chi connectivity index (χ0) is 79.1. The molecule has 0 spiro atoms. The van der Waals surface area contributed by atoms with Crippen LogP contribution < -0.4 is 26.2 Å². The van der Waals surface area contributed by atoms with Crippen molar-refractivity contribution in [1.82, 2.24) is 0 Å². The summed E-state index contributed by atoms with van der Waals surface area (Å²) in [6, 6.07) is 123. The first-order valence-electron chi connectivity index (χ1n) is 41.4. The van der Waals surface area contributed by atoms with Crippen molar-refractivity contribution in [1.29, 1.82) is 0 Å². The normalized spacial score (nSPS) is 13.3. The molecule has 0 radical (unpaired) electrons. The van der Waals surface area contributed by atoms with Crippen LogP contribution in [0.5, 0.6) is 0 Å². The van der Waals surface area contributed by atoms with Gasteiger partial charge in [-0.15, -0.1) is 0 Å². The lowest BCUT2D eigenvalue weighted by Crippen LogP contribution is -2.61. The van der Waals surface area contributed by atoms with Crippen molar-refractivity contribution in [3.63, 3.8) is 0 Å². The minimum atomic E-state index is -0.325. The molecule has 0 aromatic heterocycles. The van der Waals surface area contributed by atoms with Crippen LogP contribution in [0.4, 0.5) is 34.1 Å². The predicted octanol–water partition coefficient (Wildman–Crippen LogP) is 29.7. The average Bonchev–Trinajstić information content (AvgIpc) is 0.685. The Balaban J connectivity index is 0.982. The molecule has 0 saturated heterocycles. The summed E-state index contributed by atoms with van der Waals surface area (Å²) in [6.45, 7) is 35.0. The van der Waals surface area contributed by atoms with Crippen molar-refractivity contribution in [2.45, 2.75) is 131 Å². The summed E-state index contributed by atoms with van der Waals surface area (Å²) in [5.74, 6) is 0. The summed E-state index contributed by atoms with van der Waals surface area (Å²) < 4.78 is 0. The molecule has 2 heterocycles. The number of benzene rings is 18. The van der Waals surface area contributed by atoms with Gasteiger partial charge < -0.3 is 9.80 Å². The lowest BCUT2D eigenvalue weighted by molar-refractivity contribution is 0.590. The monoisotopic (exact) mass is 1480 g/mol.